The van der Waals surface area contributed by atoms with Crippen LogP contribution in [0.4, 0.5) is 4.79 Å². The van der Waals surface area contributed by atoms with Gasteiger partial charge in [0.25, 0.3) is 0 Å². The second-order valence-corrected chi connectivity index (χ2v) is 10.1. The van der Waals surface area contributed by atoms with E-state index >= 15 is 0 Å². The molecule has 0 bridgehead atoms. The summed E-state index contributed by atoms with van der Waals surface area (Å²) in [5.41, 5.74) is 3.40. The Morgan fingerprint density at radius 2 is 1.91 bits per heavy atom. The molecule has 2 aliphatic heterocycles. The third-order valence-corrected chi connectivity index (χ3v) is 6.20. The van der Waals surface area contributed by atoms with Crippen molar-refractivity contribution < 1.29 is 19.1 Å². The number of carbonyl (C=O) groups is 2. The summed E-state index contributed by atoms with van der Waals surface area (Å²) < 4.78 is 13.7. The van der Waals surface area contributed by atoms with E-state index in [1.807, 2.05) is 25.5 Å². The lowest BCUT2D eigenvalue weighted by atomic mass is 9.97. The molecule has 0 N–H and O–H groups in total. The van der Waals surface area contributed by atoms with Gasteiger partial charge in [-0.3, -0.25) is 9.69 Å². The molecular weight excluding hydrogens is 432 g/mol. The van der Waals surface area contributed by atoms with E-state index in [0.717, 1.165) is 16.9 Å². The minimum Gasteiger partial charge on any atom is -0.474 e. The van der Waals surface area contributed by atoms with Crippen LogP contribution in [0.25, 0.3) is 5.69 Å². The summed E-state index contributed by atoms with van der Waals surface area (Å²) >= 11 is 0. The van der Waals surface area contributed by atoms with Crippen LogP contribution in [0.2, 0.25) is 0 Å². The van der Waals surface area contributed by atoms with E-state index in [2.05, 4.69) is 44.7 Å². The van der Waals surface area contributed by atoms with Crippen LogP contribution in [0.5, 0.6) is 5.88 Å². The van der Waals surface area contributed by atoms with Crippen molar-refractivity contribution in [2.24, 2.45) is 0 Å². The molecule has 0 unspecified atom stereocenters. The van der Waals surface area contributed by atoms with E-state index < -0.39 is 17.7 Å². The first-order chi connectivity index (χ1) is 16.1. The van der Waals surface area contributed by atoms with E-state index in [9.17, 15) is 9.59 Å². The van der Waals surface area contributed by atoms with Crippen molar-refractivity contribution >= 4 is 12.0 Å². The number of ether oxygens (including phenoxy) is 2. The first-order valence-corrected chi connectivity index (χ1v) is 11.8. The number of rotatable bonds is 3. The Balaban J connectivity index is 1.78. The summed E-state index contributed by atoms with van der Waals surface area (Å²) in [7, 11) is 0. The van der Waals surface area contributed by atoms with Crippen LogP contribution in [0.15, 0.2) is 36.9 Å². The standard InChI is InChI=1S/C26H34N4O4/c1-7-22(31)28-14-15-33-24-23-20(30(27-24)19-10-8-18(9-11-19)17(2)3)12-13-29(21(23)16-28)25(32)34-26(4,5)6/h7-11,17,21H,1,12-16H2,2-6H3/t21-/m0/s1. The zero-order valence-corrected chi connectivity index (χ0v) is 20.7. The average Bonchev–Trinajstić information content (AvgIpc) is 3.13. The first kappa shape index (κ1) is 23.9. The van der Waals surface area contributed by atoms with Gasteiger partial charge in [-0.2, -0.15) is 0 Å². The van der Waals surface area contributed by atoms with Gasteiger partial charge < -0.3 is 14.4 Å². The minimum absolute atomic E-state index is 0.194. The van der Waals surface area contributed by atoms with Crippen molar-refractivity contribution in [2.45, 2.75) is 58.6 Å². The highest BCUT2D eigenvalue weighted by Crippen LogP contribution is 2.40. The second kappa shape index (κ2) is 9.16. The van der Waals surface area contributed by atoms with E-state index in [1.54, 1.807) is 9.80 Å². The van der Waals surface area contributed by atoms with Crippen LogP contribution in [0.1, 0.15) is 63.4 Å². The molecule has 2 amide bonds. The predicted octanol–water partition coefficient (Wildman–Crippen LogP) is 4.24. The number of carbonyl (C=O) groups excluding carboxylic acids is 2. The molecule has 1 aromatic carbocycles. The van der Waals surface area contributed by atoms with Crippen molar-refractivity contribution in [3.63, 3.8) is 0 Å². The zero-order valence-electron chi connectivity index (χ0n) is 20.7. The summed E-state index contributed by atoms with van der Waals surface area (Å²) in [4.78, 5) is 29.1. The number of hydrogen-bond acceptors (Lipinski definition) is 5. The van der Waals surface area contributed by atoms with Crippen molar-refractivity contribution in [2.75, 3.05) is 26.2 Å². The molecule has 3 heterocycles. The van der Waals surface area contributed by atoms with Gasteiger partial charge in [-0.05, 0) is 50.5 Å². The number of amides is 2. The van der Waals surface area contributed by atoms with Gasteiger partial charge in [0, 0.05) is 19.5 Å². The van der Waals surface area contributed by atoms with Crippen LogP contribution in [-0.4, -0.2) is 63.4 Å². The fourth-order valence-corrected chi connectivity index (χ4v) is 4.49. The number of benzene rings is 1. The molecule has 0 radical (unpaired) electrons. The average molecular weight is 467 g/mol. The highest BCUT2D eigenvalue weighted by atomic mass is 16.6. The second-order valence-electron chi connectivity index (χ2n) is 10.1. The molecule has 0 fully saturated rings. The maximum atomic E-state index is 13.2. The summed E-state index contributed by atoms with van der Waals surface area (Å²) in [6.45, 7) is 15.0. The lowest BCUT2D eigenvalue weighted by molar-refractivity contribution is -0.127. The van der Waals surface area contributed by atoms with Crippen LogP contribution < -0.4 is 4.74 Å². The molecule has 2 aromatic rings. The molecule has 0 saturated heterocycles. The topological polar surface area (TPSA) is 76.9 Å². The fourth-order valence-electron chi connectivity index (χ4n) is 4.49. The summed E-state index contributed by atoms with van der Waals surface area (Å²) in [6, 6.07) is 7.93. The molecule has 1 aromatic heterocycles. The molecule has 8 heteroatoms. The van der Waals surface area contributed by atoms with Crippen LogP contribution in [0, 0.1) is 0 Å². The number of aromatic nitrogens is 2. The van der Waals surface area contributed by atoms with Gasteiger partial charge in [-0.25, -0.2) is 9.48 Å². The van der Waals surface area contributed by atoms with E-state index in [0.29, 0.717) is 44.5 Å². The maximum absolute atomic E-state index is 13.2. The Bertz CT molecular complexity index is 1080. The molecule has 0 saturated carbocycles. The molecule has 0 aliphatic carbocycles. The van der Waals surface area contributed by atoms with Gasteiger partial charge in [0.05, 0.1) is 29.5 Å². The van der Waals surface area contributed by atoms with Crippen LogP contribution >= 0.6 is 0 Å². The molecule has 8 nitrogen and oxygen atoms in total. The SMILES string of the molecule is C=CC(=O)N1CCOc2nn(-c3ccc(C(C)C)cc3)c3c2[C@H](C1)N(C(=O)OC(C)(C)C)CC3. The van der Waals surface area contributed by atoms with Gasteiger partial charge in [-0.15, -0.1) is 5.10 Å². The Morgan fingerprint density at radius 3 is 2.53 bits per heavy atom. The van der Waals surface area contributed by atoms with Gasteiger partial charge in [0.15, 0.2) is 0 Å². The van der Waals surface area contributed by atoms with Crippen molar-refractivity contribution in [1.29, 1.82) is 0 Å². The highest BCUT2D eigenvalue weighted by molar-refractivity contribution is 5.87. The molecular formula is C26H34N4O4. The molecule has 4 rings (SSSR count). The van der Waals surface area contributed by atoms with Crippen molar-refractivity contribution in [3.8, 4) is 11.6 Å². The van der Waals surface area contributed by atoms with Gasteiger partial charge >= 0.3 is 6.09 Å². The lowest BCUT2D eigenvalue weighted by Crippen LogP contribution is -2.49. The summed E-state index contributed by atoms with van der Waals surface area (Å²) in [5, 5.41) is 4.81. The van der Waals surface area contributed by atoms with Crippen molar-refractivity contribution in [3.05, 3.63) is 53.7 Å². The normalized spacial score (nSPS) is 18.0. The maximum Gasteiger partial charge on any atom is 0.410 e. The Kier molecular flexibility index (Phi) is 6.43. The molecule has 2 aliphatic rings. The Labute approximate surface area is 201 Å². The van der Waals surface area contributed by atoms with Crippen molar-refractivity contribution in [1.82, 2.24) is 19.6 Å². The Hall–Kier alpha value is -3.29. The van der Waals surface area contributed by atoms with E-state index in [1.165, 1.54) is 11.6 Å². The first-order valence-electron chi connectivity index (χ1n) is 11.8. The van der Waals surface area contributed by atoms with E-state index in [-0.39, 0.29) is 5.91 Å². The number of hydrogen-bond donors (Lipinski definition) is 0. The van der Waals surface area contributed by atoms with Gasteiger partial charge in [-0.1, -0.05) is 32.6 Å². The molecule has 0 spiro atoms. The highest BCUT2D eigenvalue weighted by Gasteiger charge is 2.41. The van der Waals surface area contributed by atoms with Gasteiger partial charge in [0.2, 0.25) is 11.8 Å². The molecule has 34 heavy (non-hydrogen) atoms. The number of nitrogens with zero attached hydrogens (tertiary/aromatic N) is 4. The smallest absolute Gasteiger partial charge is 0.410 e. The third-order valence-electron chi connectivity index (χ3n) is 6.20. The van der Waals surface area contributed by atoms with Gasteiger partial charge in [0.1, 0.15) is 12.2 Å². The zero-order chi connectivity index (χ0) is 24.6. The summed E-state index contributed by atoms with van der Waals surface area (Å²) in [5.74, 6) is 0.751. The largest absolute Gasteiger partial charge is 0.474 e. The predicted molar refractivity (Wildman–Crippen MR) is 129 cm³/mol. The minimum atomic E-state index is -0.628. The van der Waals surface area contributed by atoms with E-state index in [4.69, 9.17) is 14.6 Å². The fraction of sp³-hybridized carbons (Fsp3) is 0.500. The van der Waals surface area contributed by atoms with Crippen LogP contribution in [0.3, 0.4) is 0 Å². The molecule has 1 atom stereocenters. The van der Waals surface area contributed by atoms with Crippen LogP contribution in [-0.2, 0) is 16.0 Å². The third kappa shape index (κ3) is 4.67. The molecule has 182 valence electrons. The lowest BCUT2D eigenvalue weighted by Gasteiger charge is -2.40. The monoisotopic (exact) mass is 466 g/mol. The Morgan fingerprint density at radius 1 is 1.21 bits per heavy atom. The summed E-state index contributed by atoms with van der Waals surface area (Å²) in [6.07, 6.45) is 1.49. The quantitative estimate of drug-likeness (QED) is 0.633.